The molecular formula is C12H18N2O. The van der Waals surface area contributed by atoms with E-state index in [2.05, 4.69) is 10.3 Å². The fourth-order valence-electron chi connectivity index (χ4n) is 1.13. The molecule has 1 aromatic rings. The van der Waals surface area contributed by atoms with Crippen LogP contribution in [0.5, 0.6) is 0 Å². The highest BCUT2D eigenvalue weighted by molar-refractivity contribution is 5.81. The zero-order valence-electron chi connectivity index (χ0n) is 9.79. The highest BCUT2D eigenvalue weighted by atomic mass is 16.2. The van der Waals surface area contributed by atoms with Gasteiger partial charge >= 0.3 is 0 Å². The molecule has 0 unspecified atom stereocenters. The van der Waals surface area contributed by atoms with E-state index in [9.17, 15) is 4.79 Å². The Labute approximate surface area is 90.9 Å². The summed E-state index contributed by atoms with van der Waals surface area (Å²) in [5.74, 6) is 0.0487. The Morgan fingerprint density at radius 1 is 1.47 bits per heavy atom. The van der Waals surface area contributed by atoms with Crippen molar-refractivity contribution in [3.8, 4) is 0 Å². The number of aromatic nitrogens is 1. The van der Waals surface area contributed by atoms with Gasteiger partial charge in [0.05, 0.1) is 12.2 Å². The van der Waals surface area contributed by atoms with Crippen LogP contribution >= 0.6 is 0 Å². The quantitative estimate of drug-likeness (QED) is 0.804. The molecule has 1 rings (SSSR count). The van der Waals surface area contributed by atoms with E-state index in [-0.39, 0.29) is 11.3 Å². The van der Waals surface area contributed by atoms with E-state index in [1.54, 1.807) is 6.20 Å². The van der Waals surface area contributed by atoms with Gasteiger partial charge in [0.15, 0.2) is 0 Å². The van der Waals surface area contributed by atoms with Crippen molar-refractivity contribution in [3.63, 3.8) is 0 Å². The number of rotatable bonds is 2. The van der Waals surface area contributed by atoms with Gasteiger partial charge in [-0.05, 0) is 18.6 Å². The van der Waals surface area contributed by atoms with Crippen LogP contribution in [0.4, 0.5) is 0 Å². The lowest BCUT2D eigenvalue weighted by atomic mass is 9.96. The summed E-state index contributed by atoms with van der Waals surface area (Å²) in [6, 6.07) is 3.88. The molecule has 82 valence electrons. The summed E-state index contributed by atoms with van der Waals surface area (Å²) < 4.78 is 0. The van der Waals surface area contributed by atoms with Crippen LogP contribution < -0.4 is 5.32 Å². The SMILES string of the molecule is Cc1cccnc1CNC(=O)C(C)(C)C. The minimum Gasteiger partial charge on any atom is -0.350 e. The van der Waals surface area contributed by atoms with E-state index in [0.29, 0.717) is 6.54 Å². The summed E-state index contributed by atoms with van der Waals surface area (Å²) in [4.78, 5) is 15.8. The summed E-state index contributed by atoms with van der Waals surface area (Å²) in [5, 5.41) is 2.88. The van der Waals surface area contributed by atoms with Crippen LogP contribution in [0.25, 0.3) is 0 Å². The molecule has 1 amide bonds. The minimum absolute atomic E-state index is 0.0487. The molecule has 0 spiro atoms. The molecule has 0 aliphatic rings. The average molecular weight is 206 g/mol. The lowest BCUT2D eigenvalue weighted by Crippen LogP contribution is -2.34. The molecule has 0 atom stereocenters. The number of nitrogens with one attached hydrogen (secondary N) is 1. The monoisotopic (exact) mass is 206 g/mol. The fraction of sp³-hybridized carbons (Fsp3) is 0.500. The molecule has 0 fully saturated rings. The second-order valence-electron chi connectivity index (χ2n) is 4.70. The van der Waals surface area contributed by atoms with Crippen LogP contribution in [0.1, 0.15) is 32.0 Å². The third-order valence-electron chi connectivity index (χ3n) is 2.22. The van der Waals surface area contributed by atoms with Crippen molar-refractivity contribution in [2.75, 3.05) is 0 Å². The highest BCUT2D eigenvalue weighted by Gasteiger charge is 2.20. The van der Waals surface area contributed by atoms with E-state index in [4.69, 9.17) is 0 Å². The maximum absolute atomic E-state index is 11.6. The number of aryl methyl sites for hydroxylation is 1. The van der Waals surface area contributed by atoms with Gasteiger partial charge in [-0.15, -0.1) is 0 Å². The molecule has 0 aliphatic carbocycles. The standard InChI is InChI=1S/C12H18N2O/c1-9-6-5-7-13-10(9)8-14-11(15)12(2,3)4/h5-7H,8H2,1-4H3,(H,14,15). The van der Waals surface area contributed by atoms with Crippen LogP contribution in [0.15, 0.2) is 18.3 Å². The van der Waals surface area contributed by atoms with Crippen molar-refractivity contribution in [1.82, 2.24) is 10.3 Å². The van der Waals surface area contributed by atoms with Gasteiger partial charge in [-0.25, -0.2) is 0 Å². The largest absolute Gasteiger partial charge is 0.350 e. The predicted octanol–water partition coefficient (Wildman–Crippen LogP) is 2.05. The van der Waals surface area contributed by atoms with E-state index in [0.717, 1.165) is 11.3 Å². The normalized spacial score (nSPS) is 11.2. The Morgan fingerprint density at radius 2 is 2.13 bits per heavy atom. The Hall–Kier alpha value is -1.38. The minimum atomic E-state index is -0.345. The smallest absolute Gasteiger partial charge is 0.225 e. The van der Waals surface area contributed by atoms with Gasteiger partial charge in [-0.1, -0.05) is 26.8 Å². The first-order chi connectivity index (χ1) is 6.91. The number of pyridine rings is 1. The van der Waals surface area contributed by atoms with Crippen molar-refractivity contribution in [2.45, 2.75) is 34.2 Å². The van der Waals surface area contributed by atoms with Crippen molar-refractivity contribution in [1.29, 1.82) is 0 Å². The number of nitrogens with zero attached hydrogens (tertiary/aromatic N) is 1. The molecule has 0 saturated carbocycles. The molecule has 3 heteroatoms. The molecule has 3 nitrogen and oxygen atoms in total. The topological polar surface area (TPSA) is 42.0 Å². The zero-order valence-corrected chi connectivity index (χ0v) is 9.79. The summed E-state index contributed by atoms with van der Waals surface area (Å²) in [7, 11) is 0. The number of hydrogen-bond donors (Lipinski definition) is 1. The third kappa shape index (κ3) is 3.35. The lowest BCUT2D eigenvalue weighted by molar-refractivity contribution is -0.128. The number of amides is 1. The Balaban J connectivity index is 2.59. The van der Waals surface area contributed by atoms with Crippen LogP contribution in [0, 0.1) is 12.3 Å². The maximum Gasteiger partial charge on any atom is 0.225 e. The highest BCUT2D eigenvalue weighted by Crippen LogP contribution is 2.13. The van der Waals surface area contributed by atoms with Crippen LogP contribution in [-0.2, 0) is 11.3 Å². The molecular weight excluding hydrogens is 188 g/mol. The molecule has 1 heterocycles. The van der Waals surface area contributed by atoms with E-state index < -0.39 is 0 Å². The first-order valence-electron chi connectivity index (χ1n) is 5.10. The Morgan fingerprint density at radius 3 is 2.67 bits per heavy atom. The average Bonchev–Trinajstić information content (AvgIpc) is 2.14. The number of carbonyl (C=O) groups excluding carboxylic acids is 1. The first-order valence-corrected chi connectivity index (χ1v) is 5.10. The summed E-state index contributed by atoms with van der Waals surface area (Å²) >= 11 is 0. The second-order valence-corrected chi connectivity index (χ2v) is 4.70. The zero-order chi connectivity index (χ0) is 11.5. The van der Waals surface area contributed by atoms with Gasteiger partial charge in [0.2, 0.25) is 5.91 Å². The van der Waals surface area contributed by atoms with E-state index in [1.165, 1.54) is 0 Å². The van der Waals surface area contributed by atoms with Crippen molar-refractivity contribution >= 4 is 5.91 Å². The van der Waals surface area contributed by atoms with Crippen LogP contribution in [0.3, 0.4) is 0 Å². The number of hydrogen-bond acceptors (Lipinski definition) is 2. The molecule has 0 bridgehead atoms. The second kappa shape index (κ2) is 4.43. The molecule has 15 heavy (non-hydrogen) atoms. The van der Waals surface area contributed by atoms with Gasteiger partial charge in [-0.3, -0.25) is 9.78 Å². The summed E-state index contributed by atoms with van der Waals surface area (Å²) in [5.41, 5.74) is 1.68. The van der Waals surface area contributed by atoms with Gasteiger partial charge < -0.3 is 5.32 Å². The molecule has 0 aromatic carbocycles. The predicted molar refractivity (Wildman–Crippen MR) is 60.3 cm³/mol. The Bertz CT molecular complexity index is 353. The van der Waals surface area contributed by atoms with Crippen molar-refractivity contribution in [3.05, 3.63) is 29.6 Å². The van der Waals surface area contributed by atoms with Gasteiger partial charge in [0.25, 0.3) is 0 Å². The van der Waals surface area contributed by atoms with Crippen molar-refractivity contribution in [2.24, 2.45) is 5.41 Å². The Kier molecular flexibility index (Phi) is 3.45. The van der Waals surface area contributed by atoms with Crippen LogP contribution in [0.2, 0.25) is 0 Å². The van der Waals surface area contributed by atoms with E-state index in [1.807, 2.05) is 39.8 Å². The third-order valence-corrected chi connectivity index (χ3v) is 2.22. The summed E-state index contributed by atoms with van der Waals surface area (Å²) in [6.45, 7) is 8.18. The van der Waals surface area contributed by atoms with Gasteiger partial charge in [0.1, 0.15) is 0 Å². The van der Waals surface area contributed by atoms with E-state index >= 15 is 0 Å². The van der Waals surface area contributed by atoms with Crippen molar-refractivity contribution < 1.29 is 4.79 Å². The molecule has 0 saturated heterocycles. The summed E-state index contributed by atoms with van der Waals surface area (Å²) in [6.07, 6.45) is 1.74. The molecule has 1 aromatic heterocycles. The molecule has 0 radical (unpaired) electrons. The lowest BCUT2D eigenvalue weighted by Gasteiger charge is -2.17. The molecule has 0 aliphatic heterocycles. The fourth-order valence-corrected chi connectivity index (χ4v) is 1.13. The molecule has 1 N–H and O–H groups in total. The van der Waals surface area contributed by atoms with Gasteiger partial charge in [-0.2, -0.15) is 0 Å². The van der Waals surface area contributed by atoms with Crippen LogP contribution in [-0.4, -0.2) is 10.9 Å². The van der Waals surface area contributed by atoms with Gasteiger partial charge in [0, 0.05) is 11.6 Å². The number of carbonyl (C=O) groups is 1. The maximum atomic E-state index is 11.6. The first kappa shape index (κ1) is 11.7.